The third-order valence-corrected chi connectivity index (χ3v) is 6.81. The fourth-order valence-corrected chi connectivity index (χ4v) is 4.98. The Morgan fingerprint density at radius 1 is 0.943 bits per heavy atom. The number of hydrogen-bond donors (Lipinski definition) is 0. The SMILES string of the molecule is C=CCc1cccc(N2CCN(CCCOC(=O)C3c4ccccc4Oc4ccccc43)CC2)c1. The molecule has 3 aromatic rings. The minimum absolute atomic E-state index is 0.211. The van der Waals surface area contributed by atoms with E-state index in [4.69, 9.17) is 9.47 Å². The van der Waals surface area contributed by atoms with Gasteiger partial charge in [-0.05, 0) is 42.7 Å². The summed E-state index contributed by atoms with van der Waals surface area (Å²) in [6, 6.07) is 24.2. The lowest BCUT2D eigenvalue weighted by Gasteiger charge is -2.36. The molecule has 0 N–H and O–H groups in total. The number of nitrogens with zero attached hydrogens (tertiary/aromatic N) is 2. The van der Waals surface area contributed by atoms with Gasteiger partial charge < -0.3 is 14.4 Å². The van der Waals surface area contributed by atoms with Gasteiger partial charge in [-0.2, -0.15) is 0 Å². The van der Waals surface area contributed by atoms with Gasteiger partial charge in [-0.3, -0.25) is 9.69 Å². The van der Waals surface area contributed by atoms with Crippen molar-refractivity contribution in [1.82, 2.24) is 4.90 Å². The van der Waals surface area contributed by atoms with Crippen molar-refractivity contribution in [2.75, 3.05) is 44.2 Å². The van der Waals surface area contributed by atoms with E-state index in [1.807, 2.05) is 54.6 Å². The maximum absolute atomic E-state index is 13.1. The molecule has 1 fully saturated rings. The van der Waals surface area contributed by atoms with Crippen LogP contribution >= 0.6 is 0 Å². The Labute approximate surface area is 207 Å². The molecule has 0 amide bonds. The summed E-state index contributed by atoms with van der Waals surface area (Å²) in [5, 5.41) is 0. The predicted octanol–water partition coefficient (Wildman–Crippen LogP) is 5.41. The Kier molecular flexibility index (Phi) is 7.15. The van der Waals surface area contributed by atoms with E-state index in [0.29, 0.717) is 6.61 Å². The van der Waals surface area contributed by atoms with Crippen molar-refractivity contribution in [3.8, 4) is 11.5 Å². The summed E-state index contributed by atoms with van der Waals surface area (Å²) in [7, 11) is 0. The topological polar surface area (TPSA) is 42.0 Å². The molecule has 2 aliphatic rings. The largest absolute Gasteiger partial charge is 0.465 e. The van der Waals surface area contributed by atoms with E-state index in [9.17, 15) is 4.79 Å². The van der Waals surface area contributed by atoms with Gasteiger partial charge >= 0.3 is 5.97 Å². The molecule has 0 aromatic heterocycles. The maximum atomic E-state index is 13.1. The number of ether oxygens (including phenoxy) is 2. The molecule has 5 rings (SSSR count). The maximum Gasteiger partial charge on any atom is 0.318 e. The second kappa shape index (κ2) is 10.8. The van der Waals surface area contributed by atoms with Crippen molar-refractivity contribution < 1.29 is 14.3 Å². The molecule has 0 bridgehead atoms. The smallest absolute Gasteiger partial charge is 0.318 e. The molecule has 2 aliphatic heterocycles. The molecule has 5 heteroatoms. The van der Waals surface area contributed by atoms with Crippen LogP contribution in [0.4, 0.5) is 5.69 Å². The number of anilines is 1. The van der Waals surface area contributed by atoms with Gasteiger partial charge in [-0.1, -0.05) is 54.6 Å². The third-order valence-electron chi connectivity index (χ3n) is 6.81. The van der Waals surface area contributed by atoms with Gasteiger partial charge in [-0.25, -0.2) is 0 Å². The number of para-hydroxylation sites is 2. The molecule has 1 saturated heterocycles. The first-order valence-corrected chi connectivity index (χ1v) is 12.4. The number of allylic oxidation sites excluding steroid dienone is 1. The summed E-state index contributed by atoms with van der Waals surface area (Å²) in [4.78, 5) is 18.0. The van der Waals surface area contributed by atoms with Crippen molar-refractivity contribution in [2.45, 2.75) is 18.8 Å². The summed E-state index contributed by atoms with van der Waals surface area (Å²) in [5.74, 6) is 0.788. The van der Waals surface area contributed by atoms with Gasteiger partial charge in [0.15, 0.2) is 0 Å². The number of carbonyl (C=O) groups excluding carboxylic acids is 1. The highest BCUT2D eigenvalue weighted by molar-refractivity contribution is 5.85. The van der Waals surface area contributed by atoms with Crippen LogP contribution in [0.2, 0.25) is 0 Å². The van der Waals surface area contributed by atoms with E-state index in [0.717, 1.165) is 68.2 Å². The standard InChI is InChI=1S/C30H32N2O3/c1-2-9-23-10-7-11-24(22-23)32-19-17-31(18-20-32)16-8-21-34-30(33)29-25-12-3-5-14-27(25)35-28-15-6-4-13-26(28)29/h2-7,10-15,22,29H,1,8-9,16-21H2. The normalized spacial score (nSPS) is 15.6. The van der Waals surface area contributed by atoms with E-state index < -0.39 is 5.92 Å². The van der Waals surface area contributed by atoms with Crippen LogP contribution in [0.1, 0.15) is 29.0 Å². The minimum atomic E-state index is -0.448. The molecule has 35 heavy (non-hydrogen) atoms. The molecule has 180 valence electrons. The number of hydrogen-bond acceptors (Lipinski definition) is 5. The van der Waals surface area contributed by atoms with E-state index in [1.165, 1.54) is 11.3 Å². The molecule has 0 atom stereocenters. The summed E-state index contributed by atoms with van der Waals surface area (Å²) in [6.07, 6.45) is 3.67. The first kappa shape index (κ1) is 23.2. The van der Waals surface area contributed by atoms with Gasteiger partial charge in [0.1, 0.15) is 17.4 Å². The van der Waals surface area contributed by atoms with Crippen LogP contribution in [0.5, 0.6) is 11.5 Å². The van der Waals surface area contributed by atoms with Gasteiger partial charge in [0.2, 0.25) is 0 Å². The van der Waals surface area contributed by atoms with Gasteiger partial charge in [0.25, 0.3) is 0 Å². The summed E-state index contributed by atoms with van der Waals surface area (Å²) in [6.45, 7) is 9.24. The molecule has 0 spiro atoms. The zero-order valence-corrected chi connectivity index (χ0v) is 20.1. The van der Waals surface area contributed by atoms with Gasteiger partial charge in [-0.15, -0.1) is 6.58 Å². The highest BCUT2D eigenvalue weighted by Crippen LogP contribution is 2.44. The molecule has 0 saturated carbocycles. The summed E-state index contributed by atoms with van der Waals surface area (Å²) >= 11 is 0. The molecular weight excluding hydrogens is 436 g/mol. The molecule has 2 heterocycles. The van der Waals surface area contributed by atoms with Gasteiger partial charge in [0, 0.05) is 49.5 Å². The van der Waals surface area contributed by atoms with E-state index >= 15 is 0 Å². The van der Waals surface area contributed by atoms with E-state index in [2.05, 4.69) is 40.6 Å². The zero-order chi connectivity index (χ0) is 24.0. The minimum Gasteiger partial charge on any atom is -0.465 e. The van der Waals surface area contributed by atoms with Crippen LogP contribution in [-0.4, -0.2) is 50.2 Å². The highest BCUT2D eigenvalue weighted by Gasteiger charge is 2.33. The first-order chi connectivity index (χ1) is 17.2. The lowest BCUT2D eigenvalue weighted by molar-refractivity contribution is -0.144. The Morgan fingerprint density at radius 3 is 2.31 bits per heavy atom. The van der Waals surface area contributed by atoms with Crippen molar-refractivity contribution in [3.63, 3.8) is 0 Å². The number of benzene rings is 3. The Morgan fingerprint density at radius 2 is 1.63 bits per heavy atom. The Hall–Kier alpha value is -3.57. The van der Waals surface area contributed by atoms with Crippen LogP contribution in [0, 0.1) is 0 Å². The lowest BCUT2D eigenvalue weighted by Crippen LogP contribution is -2.46. The lowest BCUT2D eigenvalue weighted by atomic mass is 9.88. The third kappa shape index (κ3) is 5.25. The van der Waals surface area contributed by atoms with Crippen molar-refractivity contribution in [1.29, 1.82) is 0 Å². The predicted molar refractivity (Wildman–Crippen MR) is 139 cm³/mol. The second-order valence-corrected chi connectivity index (χ2v) is 9.12. The summed E-state index contributed by atoms with van der Waals surface area (Å²) < 4.78 is 11.8. The fraction of sp³-hybridized carbons (Fsp3) is 0.300. The van der Waals surface area contributed by atoms with Crippen LogP contribution in [0.3, 0.4) is 0 Å². The van der Waals surface area contributed by atoms with Crippen molar-refractivity contribution in [2.24, 2.45) is 0 Å². The van der Waals surface area contributed by atoms with Gasteiger partial charge in [0.05, 0.1) is 6.61 Å². The number of piperazine rings is 1. The summed E-state index contributed by atoms with van der Waals surface area (Å²) in [5.41, 5.74) is 4.32. The number of rotatable bonds is 8. The average Bonchev–Trinajstić information content (AvgIpc) is 2.90. The van der Waals surface area contributed by atoms with Crippen LogP contribution in [0.25, 0.3) is 0 Å². The Bertz CT molecular complexity index is 1140. The van der Waals surface area contributed by atoms with Crippen molar-refractivity contribution >= 4 is 11.7 Å². The number of esters is 1. The van der Waals surface area contributed by atoms with E-state index in [-0.39, 0.29) is 5.97 Å². The number of carbonyl (C=O) groups is 1. The van der Waals surface area contributed by atoms with Crippen LogP contribution in [-0.2, 0) is 16.0 Å². The quantitative estimate of drug-likeness (QED) is 0.251. The molecular formula is C30H32N2O3. The van der Waals surface area contributed by atoms with Crippen LogP contribution < -0.4 is 9.64 Å². The number of fused-ring (bicyclic) bond motifs is 2. The fourth-order valence-electron chi connectivity index (χ4n) is 4.98. The second-order valence-electron chi connectivity index (χ2n) is 9.12. The molecule has 3 aromatic carbocycles. The Balaban J connectivity index is 1.11. The highest BCUT2D eigenvalue weighted by atomic mass is 16.5. The monoisotopic (exact) mass is 468 g/mol. The molecule has 0 aliphatic carbocycles. The van der Waals surface area contributed by atoms with E-state index in [1.54, 1.807) is 0 Å². The zero-order valence-electron chi connectivity index (χ0n) is 20.1. The average molecular weight is 469 g/mol. The molecule has 5 nitrogen and oxygen atoms in total. The molecule has 0 radical (unpaired) electrons. The van der Waals surface area contributed by atoms with Crippen molar-refractivity contribution in [3.05, 3.63) is 102 Å². The van der Waals surface area contributed by atoms with Crippen LogP contribution in [0.15, 0.2) is 85.5 Å². The first-order valence-electron chi connectivity index (χ1n) is 12.4. The molecule has 0 unspecified atom stereocenters.